The van der Waals surface area contributed by atoms with Gasteiger partial charge < -0.3 is 23.9 Å². The predicted octanol–water partition coefficient (Wildman–Crippen LogP) is 5.03. The molecular formula is C37H42N2O6Si. The number of aldehydes is 1. The average molecular weight is 639 g/mol. The standard InChI is InChI=1S/C37H42N2O6Si/c1-27(45-46(37(2,3)4,29-13-7-5-8-14-29)30-15-9-6-10-16-30)23-33-31(17-12-20-38-33)36(42)39-21-22-43-25-28(39)26-44-35-19-11-18-34(41)32(35)24-40/h5-20,24,27-28,41H,21-23,25-26H2,1-4H3/t27-,28+/m1/s1. The van der Waals surface area contributed by atoms with Crippen molar-refractivity contribution in [1.29, 1.82) is 0 Å². The van der Waals surface area contributed by atoms with Crippen LogP contribution in [-0.2, 0) is 15.6 Å². The van der Waals surface area contributed by atoms with Crippen LogP contribution in [0, 0.1) is 0 Å². The molecule has 1 saturated heterocycles. The Hall–Kier alpha value is -4.31. The Morgan fingerprint density at radius 3 is 2.33 bits per heavy atom. The van der Waals surface area contributed by atoms with Gasteiger partial charge in [-0.1, -0.05) is 87.5 Å². The summed E-state index contributed by atoms with van der Waals surface area (Å²) in [6, 6.07) is 28.8. The van der Waals surface area contributed by atoms with Crippen molar-refractivity contribution in [1.82, 2.24) is 9.88 Å². The maximum atomic E-state index is 14.1. The summed E-state index contributed by atoms with van der Waals surface area (Å²) in [7, 11) is -2.81. The Morgan fingerprint density at radius 2 is 1.70 bits per heavy atom. The van der Waals surface area contributed by atoms with Crippen molar-refractivity contribution in [3.05, 3.63) is 114 Å². The number of amides is 1. The zero-order valence-electron chi connectivity index (χ0n) is 26.9. The number of aromatic nitrogens is 1. The van der Waals surface area contributed by atoms with Crippen LogP contribution in [0.25, 0.3) is 0 Å². The number of ether oxygens (including phenoxy) is 2. The minimum absolute atomic E-state index is 0.0709. The topological polar surface area (TPSA) is 98.2 Å². The van der Waals surface area contributed by atoms with Crippen molar-refractivity contribution >= 4 is 30.9 Å². The normalized spacial score (nSPS) is 16.1. The van der Waals surface area contributed by atoms with Crippen molar-refractivity contribution in [2.75, 3.05) is 26.4 Å². The van der Waals surface area contributed by atoms with Crippen molar-refractivity contribution in [3.63, 3.8) is 0 Å². The molecule has 1 aromatic heterocycles. The molecule has 3 aromatic carbocycles. The third-order valence-electron chi connectivity index (χ3n) is 8.48. The zero-order valence-corrected chi connectivity index (χ0v) is 27.9. The average Bonchev–Trinajstić information content (AvgIpc) is 3.06. The number of carbonyl (C=O) groups excluding carboxylic acids is 2. The molecule has 0 spiro atoms. The lowest BCUT2D eigenvalue weighted by molar-refractivity contribution is -0.0152. The Kier molecular flexibility index (Phi) is 10.4. The molecule has 1 aliphatic heterocycles. The first kappa shape index (κ1) is 33.1. The Bertz CT molecular complexity index is 1590. The summed E-state index contributed by atoms with van der Waals surface area (Å²) in [5.41, 5.74) is 1.25. The van der Waals surface area contributed by atoms with E-state index in [2.05, 4.69) is 81.2 Å². The van der Waals surface area contributed by atoms with E-state index in [1.54, 1.807) is 29.3 Å². The van der Waals surface area contributed by atoms with E-state index in [1.807, 2.05) is 18.2 Å². The first-order valence-electron chi connectivity index (χ1n) is 15.7. The third kappa shape index (κ3) is 6.91. The van der Waals surface area contributed by atoms with Gasteiger partial charge in [-0.15, -0.1) is 0 Å². The summed E-state index contributed by atoms with van der Waals surface area (Å²) >= 11 is 0. The van der Waals surface area contributed by atoms with Crippen molar-refractivity contribution < 1.29 is 28.6 Å². The highest BCUT2D eigenvalue weighted by Crippen LogP contribution is 2.38. The molecule has 1 fully saturated rings. The van der Waals surface area contributed by atoms with E-state index in [1.165, 1.54) is 16.4 Å². The van der Waals surface area contributed by atoms with Crippen LogP contribution in [0.1, 0.15) is 54.1 Å². The fourth-order valence-electron chi connectivity index (χ4n) is 6.28. The van der Waals surface area contributed by atoms with Gasteiger partial charge in [0.05, 0.1) is 36.1 Å². The number of pyridine rings is 1. The van der Waals surface area contributed by atoms with E-state index in [4.69, 9.17) is 13.9 Å². The lowest BCUT2D eigenvalue weighted by atomic mass is 10.1. The molecule has 4 aromatic rings. The van der Waals surface area contributed by atoms with Crippen LogP contribution in [-0.4, -0.2) is 74.0 Å². The minimum Gasteiger partial charge on any atom is -0.507 e. The minimum atomic E-state index is -2.81. The highest BCUT2D eigenvalue weighted by molar-refractivity contribution is 6.99. The van der Waals surface area contributed by atoms with Crippen molar-refractivity contribution in [2.45, 2.75) is 51.3 Å². The molecule has 0 saturated carbocycles. The molecule has 2 atom stereocenters. The van der Waals surface area contributed by atoms with Gasteiger partial charge in [-0.3, -0.25) is 14.6 Å². The second-order valence-electron chi connectivity index (χ2n) is 12.6. The molecule has 0 radical (unpaired) electrons. The maximum Gasteiger partial charge on any atom is 0.261 e. The Morgan fingerprint density at radius 1 is 1.02 bits per heavy atom. The lowest BCUT2D eigenvalue weighted by Crippen LogP contribution is -2.67. The number of benzene rings is 3. The Balaban J connectivity index is 1.40. The van der Waals surface area contributed by atoms with Gasteiger partial charge in [-0.25, -0.2) is 0 Å². The van der Waals surface area contributed by atoms with E-state index in [-0.39, 0.29) is 47.3 Å². The number of hydrogen-bond donors (Lipinski definition) is 1. The van der Waals surface area contributed by atoms with E-state index in [0.717, 1.165) is 0 Å². The van der Waals surface area contributed by atoms with Crippen LogP contribution >= 0.6 is 0 Å². The molecule has 240 valence electrons. The maximum absolute atomic E-state index is 14.1. The van der Waals surface area contributed by atoms with Gasteiger partial charge in [-0.05, 0) is 46.6 Å². The third-order valence-corrected chi connectivity index (χ3v) is 13.6. The summed E-state index contributed by atoms with van der Waals surface area (Å²) < 4.78 is 18.9. The quantitative estimate of drug-likeness (QED) is 0.182. The second-order valence-corrected chi connectivity index (χ2v) is 16.9. The summed E-state index contributed by atoms with van der Waals surface area (Å²) in [5.74, 6) is -0.0664. The second kappa shape index (κ2) is 14.4. The number of morpholine rings is 1. The molecule has 46 heavy (non-hydrogen) atoms. The Labute approximate surface area is 272 Å². The van der Waals surface area contributed by atoms with Gasteiger partial charge >= 0.3 is 0 Å². The van der Waals surface area contributed by atoms with Gasteiger partial charge in [0.2, 0.25) is 0 Å². The first-order valence-corrected chi connectivity index (χ1v) is 17.6. The molecule has 2 heterocycles. The smallest absolute Gasteiger partial charge is 0.261 e. The number of aromatic hydroxyl groups is 1. The van der Waals surface area contributed by atoms with E-state index in [9.17, 15) is 14.7 Å². The SMILES string of the molecule is C[C@H](Cc1ncccc1C(=O)N1CCOC[C@H]1COc1cccc(O)c1C=O)O[Si](c1ccccc1)(c1ccccc1)C(C)(C)C. The number of phenolic OH excluding ortho intramolecular Hbond substituents is 1. The van der Waals surface area contributed by atoms with Gasteiger partial charge in [0.15, 0.2) is 6.29 Å². The molecule has 1 N–H and O–H groups in total. The van der Waals surface area contributed by atoms with Gasteiger partial charge in [-0.2, -0.15) is 0 Å². The van der Waals surface area contributed by atoms with Crippen LogP contribution in [0.4, 0.5) is 0 Å². The molecule has 5 rings (SSSR count). The highest BCUT2D eigenvalue weighted by atomic mass is 28.4. The summed E-state index contributed by atoms with van der Waals surface area (Å²) in [6.45, 7) is 9.97. The summed E-state index contributed by atoms with van der Waals surface area (Å²) in [4.78, 5) is 32.1. The first-order chi connectivity index (χ1) is 22.2. The molecule has 1 aliphatic rings. The summed E-state index contributed by atoms with van der Waals surface area (Å²) in [5, 5.41) is 12.2. The lowest BCUT2D eigenvalue weighted by Gasteiger charge is -2.44. The number of carbonyl (C=O) groups is 2. The molecule has 9 heteroatoms. The van der Waals surface area contributed by atoms with Gasteiger partial charge in [0, 0.05) is 25.3 Å². The largest absolute Gasteiger partial charge is 0.507 e. The monoisotopic (exact) mass is 638 g/mol. The van der Waals surface area contributed by atoms with Crippen LogP contribution < -0.4 is 15.1 Å². The van der Waals surface area contributed by atoms with Crippen LogP contribution in [0.15, 0.2) is 97.2 Å². The van der Waals surface area contributed by atoms with Crippen molar-refractivity contribution in [2.24, 2.45) is 0 Å². The summed E-state index contributed by atoms with van der Waals surface area (Å²) in [6.07, 6.45) is 2.47. The molecule has 8 nitrogen and oxygen atoms in total. The fourth-order valence-corrected chi connectivity index (χ4v) is 11.0. The number of phenols is 1. The van der Waals surface area contributed by atoms with Gasteiger partial charge in [0.1, 0.15) is 18.1 Å². The van der Waals surface area contributed by atoms with Crippen molar-refractivity contribution in [3.8, 4) is 11.5 Å². The predicted molar refractivity (Wildman–Crippen MR) is 181 cm³/mol. The van der Waals surface area contributed by atoms with Crippen LogP contribution in [0.3, 0.4) is 0 Å². The van der Waals surface area contributed by atoms with E-state index >= 15 is 0 Å². The van der Waals surface area contributed by atoms with Crippen LogP contribution in [0.2, 0.25) is 5.04 Å². The van der Waals surface area contributed by atoms with E-state index < -0.39 is 14.4 Å². The number of rotatable bonds is 11. The molecule has 0 unspecified atom stereocenters. The van der Waals surface area contributed by atoms with Gasteiger partial charge in [0.25, 0.3) is 14.2 Å². The fraction of sp³-hybridized carbons (Fsp3) is 0.324. The molecule has 0 bridgehead atoms. The van der Waals surface area contributed by atoms with E-state index in [0.29, 0.717) is 37.1 Å². The molecular weight excluding hydrogens is 597 g/mol. The number of nitrogens with zero attached hydrogens (tertiary/aromatic N) is 2. The zero-order chi connectivity index (χ0) is 32.7. The molecule has 1 amide bonds. The number of hydrogen-bond acceptors (Lipinski definition) is 7. The highest BCUT2D eigenvalue weighted by Gasteiger charge is 2.51. The van der Waals surface area contributed by atoms with Crippen LogP contribution in [0.5, 0.6) is 11.5 Å². The molecule has 0 aliphatic carbocycles.